The van der Waals surface area contributed by atoms with Crippen molar-refractivity contribution in [2.75, 3.05) is 27.4 Å². The topological polar surface area (TPSA) is 106 Å². The highest BCUT2D eigenvalue weighted by Crippen LogP contribution is 2.38. The number of nitrogens with zero attached hydrogens (tertiary/aromatic N) is 3. The minimum absolute atomic E-state index is 0.0227. The Balaban J connectivity index is 1.46. The number of amidine groups is 2. The van der Waals surface area contributed by atoms with Gasteiger partial charge in [-0.05, 0) is 82.7 Å². The van der Waals surface area contributed by atoms with Crippen LogP contribution in [0.4, 0.5) is 0 Å². The van der Waals surface area contributed by atoms with E-state index in [2.05, 4.69) is 26.0 Å². The van der Waals surface area contributed by atoms with E-state index < -0.39 is 5.91 Å². The number of ether oxygens (including phenoxy) is 4. The van der Waals surface area contributed by atoms with Gasteiger partial charge in [-0.1, -0.05) is 0 Å². The summed E-state index contributed by atoms with van der Waals surface area (Å²) >= 11 is 4.77. The largest absolute Gasteiger partial charge is 0.497 e. The van der Waals surface area contributed by atoms with Crippen molar-refractivity contribution in [1.29, 1.82) is 5.41 Å². The fraction of sp³-hybridized carbons (Fsp3) is 0.217. The van der Waals surface area contributed by atoms with E-state index in [1.165, 1.54) is 23.9 Å². The molecular formula is C23H21BrN4O5S. The van der Waals surface area contributed by atoms with Crippen molar-refractivity contribution < 1.29 is 23.7 Å². The number of carbonyl (C=O) groups excluding carboxylic acids is 1. The van der Waals surface area contributed by atoms with Gasteiger partial charge in [0, 0.05) is 0 Å². The summed E-state index contributed by atoms with van der Waals surface area (Å²) in [6.45, 7) is 2.41. The Kier molecular flexibility index (Phi) is 7.23. The molecule has 0 unspecified atom stereocenters. The number of halogens is 1. The summed E-state index contributed by atoms with van der Waals surface area (Å²) in [5, 5.41) is 15.1. The summed E-state index contributed by atoms with van der Waals surface area (Å²) in [5.74, 6) is 1.93. The Bertz CT molecular complexity index is 1230. The Morgan fingerprint density at radius 2 is 1.79 bits per heavy atom. The summed E-state index contributed by atoms with van der Waals surface area (Å²) in [6.07, 6.45) is 1.59. The van der Waals surface area contributed by atoms with Gasteiger partial charge in [-0.25, -0.2) is 0 Å². The molecule has 9 nitrogen and oxygen atoms in total. The zero-order valence-corrected chi connectivity index (χ0v) is 21.0. The third kappa shape index (κ3) is 5.10. The molecule has 11 heteroatoms. The molecule has 0 saturated carbocycles. The number of amides is 1. The van der Waals surface area contributed by atoms with E-state index in [0.29, 0.717) is 39.1 Å². The molecule has 1 amide bonds. The predicted octanol–water partition coefficient (Wildman–Crippen LogP) is 4.56. The van der Waals surface area contributed by atoms with Crippen molar-refractivity contribution in [1.82, 2.24) is 5.01 Å². The van der Waals surface area contributed by atoms with Gasteiger partial charge in [0.15, 0.2) is 17.3 Å². The van der Waals surface area contributed by atoms with Gasteiger partial charge in [0.05, 0.1) is 29.3 Å². The smallest absolute Gasteiger partial charge is 0.283 e. The number of carbonyl (C=O) groups is 1. The Morgan fingerprint density at radius 3 is 2.50 bits per heavy atom. The first-order valence-electron chi connectivity index (χ1n) is 10.1. The molecule has 2 aromatic carbocycles. The van der Waals surface area contributed by atoms with Crippen molar-refractivity contribution >= 4 is 55.7 Å². The van der Waals surface area contributed by atoms with Crippen LogP contribution in [0.25, 0.3) is 6.08 Å². The van der Waals surface area contributed by atoms with E-state index in [9.17, 15) is 4.79 Å². The van der Waals surface area contributed by atoms with E-state index in [1.807, 2.05) is 24.3 Å². The number of hydrogen-bond donors (Lipinski definition) is 1. The molecule has 0 radical (unpaired) electrons. The van der Waals surface area contributed by atoms with E-state index >= 15 is 0 Å². The van der Waals surface area contributed by atoms with Crippen molar-refractivity contribution in [3.8, 4) is 23.0 Å². The molecule has 0 saturated heterocycles. The minimum atomic E-state index is -0.486. The molecule has 2 aliphatic rings. The van der Waals surface area contributed by atoms with Crippen LogP contribution in [0.15, 0.2) is 56.5 Å². The van der Waals surface area contributed by atoms with Crippen LogP contribution in [-0.4, -0.2) is 54.4 Å². The Hall–Kier alpha value is -3.31. The molecular weight excluding hydrogens is 524 g/mol. The monoisotopic (exact) mass is 544 g/mol. The van der Waals surface area contributed by atoms with Crippen LogP contribution in [0.1, 0.15) is 12.5 Å². The standard InChI is InChI=1S/C23H21BrN4O5S/c1-13-27-28-21(25)17(22(29)26-23(28)34-13)10-14-11-18(24)20(19(12-14)31-3)33-9-8-32-16-6-4-15(30-2)5-7-16/h4-7,10-12,25H,8-9H2,1-3H3/b17-10+,25-21?. The molecule has 2 aliphatic heterocycles. The summed E-state index contributed by atoms with van der Waals surface area (Å²) in [5.41, 5.74) is 0.781. The third-order valence-electron chi connectivity index (χ3n) is 4.78. The van der Waals surface area contributed by atoms with Crippen LogP contribution < -0.4 is 18.9 Å². The zero-order valence-electron chi connectivity index (χ0n) is 18.6. The second kappa shape index (κ2) is 10.3. The van der Waals surface area contributed by atoms with Crippen molar-refractivity contribution in [2.24, 2.45) is 10.1 Å². The van der Waals surface area contributed by atoms with Gasteiger partial charge in [0.25, 0.3) is 5.91 Å². The highest BCUT2D eigenvalue weighted by molar-refractivity contribution is 9.10. The summed E-state index contributed by atoms with van der Waals surface area (Å²) in [4.78, 5) is 16.6. The molecule has 0 aliphatic carbocycles. The maximum absolute atomic E-state index is 12.5. The summed E-state index contributed by atoms with van der Waals surface area (Å²) < 4.78 is 22.8. The lowest BCUT2D eigenvalue weighted by atomic mass is 10.1. The van der Waals surface area contributed by atoms with Gasteiger partial charge in [-0.3, -0.25) is 10.2 Å². The molecule has 0 spiro atoms. The highest BCUT2D eigenvalue weighted by atomic mass is 79.9. The zero-order chi connectivity index (χ0) is 24.2. The number of methoxy groups -OCH3 is 2. The highest BCUT2D eigenvalue weighted by Gasteiger charge is 2.34. The maximum Gasteiger partial charge on any atom is 0.283 e. The lowest BCUT2D eigenvalue weighted by Gasteiger charge is -2.20. The van der Waals surface area contributed by atoms with E-state index in [-0.39, 0.29) is 18.0 Å². The molecule has 176 valence electrons. The molecule has 2 aromatic rings. The SMILES string of the molecule is COc1ccc(OCCOc2c(Br)cc(/C=C3\C(=N)N4N=C(C)SC4=NC3=O)cc2OC)cc1. The van der Waals surface area contributed by atoms with Gasteiger partial charge in [-0.2, -0.15) is 15.1 Å². The Morgan fingerprint density at radius 1 is 1.09 bits per heavy atom. The molecule has 34 heavy (non-hydrogen) atoms. The number of benzene rings is 2. The lowest BCUT2D eigenvalue weighted by molar-refractivity contribution is -0.114. The van der Waals surface area contributed by atoms with Gasteiger partial charge in [-0.15, -0.1) is 0 Å². The third-order valence-corrected chi connectivity index (χ3v) is 6.19. The second-order valence-corrected chi connectivity index (χ2v) is 9.06. The molecule has 0 fully saturated rings. The van der Waals surface area contributed by atoms with Crippen LogP contribution in [0.3, 0.4) is 0 Å². The number of hydrazone groups is 1. The summed E-state index contributed by atoms with van der Waals surface area (Å²) in [6, 6.07) is 10.8. The molecule has 4 rings (SSSR count). The van der Waals surface area contributed by atoms with E-state index in [4.69, 9.17) is 24.4 Å². The number of thioether (sulfide) groups is 1. The molecule has 0 bridgehead atoms. The number of hydrogen-bond acceptors (Lipinski definition) is 8. The van der Waals surface area contributed by atoms with Crippen molar-refractivity contribution in [3.63, 3.8) is 0 Å². The van der Waals surface area contributed by atoms with Crippen LogP contribution in [0.5, 0.6) is 23.0 Å². The van der Waals surface area contributed by atoms with Gasteiger partial charge in [0.2, 0.25) is 5.17 Å². The normalized spacial score (nSPS) is 16.2. The lowest BCUT2D eigenvalue weighted by Crippen LogP contribution is -2.35. The van der Waals surface area contributed by atoms with Gasteiger partial charge < -0.3 is 18.9 Å². The minimum Gasteiger partial charge on any atom is -0.497 e. The molecule has 2 heterocycles. The fourth-order valence-corrected chi connectivity index (χ4v) is 4.50. The summed E-state index contributed by atoms with van der Waals surface area (Å²) in [7, 11) is 3.14. The van der Waals surface area contributed by atoms with Crippen LogP contribution >= 0.6 is 27.7 Å². The van der Waals surface area contributed by atoms with E-state index in [0.717, 1.165) is 10.8 Å². The average Bonchev–Trinajstić information content (AvgIpc) is 3.20. The average molecular weight is 545 g/mol. The maximum atomic E-state index is 12.5. The first kappa shape index (κ1) is 23.8. The number of fused-ring (bicyclic) bond motifs is 1. The Labute approximate surface area is 209 Å². The van der Waals surface area contributed by atoms with Gasteiger partial charge >= 0.3 is 0 Å². The van der Waals surface area contributed by atoms with Crippen LogP contribution in [-0.2, 0) is 4.79 Å². The van der Waals surface area contributed by atoms with Crippen LogP contribution in [0.2, 0.25) is 0 Å². The van der Waals surface area contributed by atoms with E-state index in [1.54, 1.807) is 32.2 Å². The first-order chi connectivity index (χ1) is 16.4. The number of aliphatic imine (C=N–C) groups is 1. The van der Waals surface area contributed by atoms with Crippen LogP contribution in [0, 0.1) is 5.41 Å². The van der Waals surface area contributed by atoms with Crippen molar-refractivity contribution in [3.05, 3.63) is 52.0 Å². The second-order valence-electron chi connectivity index (χ2n) is 7.05. The first-order valence-corrected chi connectivity index (χ1v) is 11.7. The quantitative estimate of drug-likeness (QED) is 0.383. The fourth-order valence-electron chi connectivity index (χ4n) is 3.19. The van der Waals surface area contributed by atoms with Gasteiger partial charge in [0.1, 0.15) is 24.7 Å². The number of rotatable bonds is 8. The molecule has 0 atom stereocenters. The number of nitrogens with one attached hydrogen (secondary N) is 1. The predicted molar refractivity (Wildman–Crippen MR) is 135 cm³/mol. The molecule has 1 N–H and O–H groups in total. The van der Waals surface area contributed by atoms with Crippen molar-refractivity contribution in [2.45, 2.75) is 6.92 Å². The molecule has 0 aromatic heterocycles.